The first kappa shape index (κ1) is 11.2. The van der Waals surface area contributed by atoms with Crippen LogP contribution in [0.2, 0.25) is 5.02 Å². The van der Waals surface area contributed by atoms with E-state index in [0.717, 1.165) is 12.1 Å². The molecule has 0 aromatic heterocycles. The Hall–Kier alpha value is -0.870. The molecule has 0 fully saturated rings. The third-order valence-corrected chi connectivity index (χ3v) is 1.87. The van der Waals surface area contributed by atoms with Crippen LogP contribution in [0.25, 0.3) is 0 Å². The van der Waals surface area contributed by atoms with Gasteiger partial charge in [0.2, 0.25) is 0 Å². The molecule has 0 unspecified atom stereocenters. The molecule has 14 heavy (non-hydrogen) atoms. The Bertz CT molecular complexity index is 295. The van der Waals surface area contributed by atoms with E-state index in [1.807, 2.05) is 0 Å². The summed E-state index contributed by atoms with van der Waals surface area (Å²) in [6.07, 6.45) is 0. The molecular weight excluding hydrogens is 214 g/mol. The smallest absolute Gasteiger partial charge is 0.148 e. The Morgan fingerprint density at radius 3 is 2.29 bits per heavy atom. The highest BCUT2D eigenvalue weighted by atomic mass is 35.5. The van der Waals surface area contributed by atoms with Gasteiger partial charge in [0, 0.05) is 19.2 Å². The van der Waals surface area contributed by atoms with E-state index >= 15 is 0 Å². The van der Waals surface area contributed by atoms with Crippen LogP contribution >= 0.6 is 11.6 Å². The summed E-state index contributed by atoms with van der Waals surface area (Å²) >= 11 is 5.28. The van der Waals surface area contributed by atoms with Gasteiger partial charge in [-0.05, 0) is 0 Å². The number of benzene rings is 1. The third-order valence-electron chi connectivity index (χ3n) is 1.51. The molecule has 78 valence electrons. The summed E-state index contributed by atoms with van der Waals surface area (Å²) in [5.41, 5.74) is 0. The average molecular weight is 223 g/mol. The zero-order valence-corrected chi connectivity index (χ0v) is 8.28. The Morgan fingerprint density at radius 1 is 1.21 bits per heavy atom. The maximum atomic E-state index is 12.9. The molecule has 0 spiro atoms. The zero-order valence-electron chi connectivity index (χ0n) is 7.52. The first-order valence-electron chi connectivity index (χ1n) is 3.91. The highest BCUT2D eigenvalue weighted by Gasteiger charge is 2.09. The minimum absolute atomic E-state index is 0.0986. The lowest BCUT2D eigenvalue weighted by atomic mass is 10.3. The van der Waals surface area contributed by atoms with Crippen LogP contribution in [0.1, 0.15) is 0 Å². The molecule has 0 atom stereocenters. The lowest BCUT2D eigenvalue weighted by Gasteiger charge is -2.06. The van der Waals surface area contributed by atoms with Crippen molar-refractivity contribution in [3.05, 3.63) is 28.8 Å². The van der Waals surface area contributed by atoms with Crippen LogP contribution < -0.4 is 4.74 Å². The van der Waals surface area contributed by atoms with E-state index in [-0.39, 0.29) is 12.4 Å². The highest BCUT2D eigenvalue weighted by Crippen LogP contribution is 2.24. The van der Waals surface area contributed by atoms with E-state index in [9.17, 15) is 8.78 Å². The molecule has 0 aliphatic heterocycles. The maximum Gasteiger partial charge on any atom is 0.148 e. The van der Waals surface area contributed by atoms with Gasteiger partial charge in [-0.15, -0.1) is 0 Å². The molecule has 0 saturated heterocycles. The summed E-state index contributed by atoms with van der Waals surface area (Å²) in [7, 11) is 1.51. The van der Waals surface area contributed by atoms with Crippen molar-refractivity contribution >= 4 is 11.6 Å². The van der Waals surface area contributed by atoms with Crippen LogP contribution in [0.5, 0.6) is 5.75 Å². The van der Waals surface area contributed by atoms with Crippen LogP contribution in [0, 0.1) is 11.6 Å². The van der Waals surface area contributed by atoms with Crippen LogP contribution in [-0.4, -0.2) is 20.3 Å². The molecule has 2 nitrogen and oxygen atoms in total. The van der Waals surface area contributed by atoms with E-state index in [1.54, 1.807) is 0 Å². The third kappa shape index (κ3) is 2.82. The number of hydrogen-bond acceptors (Lipinski definition) is 2. The van der Waals surface area contributed by atoms with Crippen molar-refractivity contribution in [2.45, 2.75) is 0 Å². The van der Waals surface area contributed by atoms with E-state index < -0.39 is 16.7 Å². The normalized spacial score (nSPS) is 10.3. The fourth-order valence-electron chi connectivity index (χ4n) is 0.858. The molecule has 0 bridgehead atoms. The average Bonchev–Trinajstić information content (AvgIpc) is 2.14. The maximum absolute atomic E-state index is 12.9. The molecule has 0 heterocycles. The van der Waals surface area contributed by atoms with Crippen molar-refractivity contribution in [1.82, 2.24) is 0 Å². The van der Waals surface area contributed by atoms with Crippen LogP contribution in [0.4, 0.5) is 8.78 Å². The Kier molecular flexibility index (Phi) is 4.10. The molecule has 0 radical (unpaired) electrons. The van der Waals surface area contributed by atoms with Gasteiger partial charge in [-0.3, -0.25) is 0 Å². The lowest BCUT2D eigenvalue weighted by molar-refractivity contribution is 0.146. The molecule has 1 aromatic rings. The van der Waals surface area contributed by atoms with Crippen LogP contribution in [0.15, 0.2) is 12.1 Å². The minimum atomic E-state index is -0.834. The fraction of sp³-hybridized carbons (Fsp3) is 0.333. The number of ether oxygens (including phenoxy) is 2. The van der Waals surface area contributed by atoms with Gasteiger partial charge in [0.25, 0.3) is 0 Å². The summed E-state index contributed by atoms with van der Waals surface area (Å²) in [6.45, 7) is 0.586. The fourth-order valence-corrected chi connectivity index (χ4v) is 0.968. The summed E-state index contributed by atoms with van der Waals surface area (Å²) < 4.78 is 35.4. The summed E-state index contributed by atoms with van der Waals surface area (Å²) in [5, 5.41) is -0.524. The predicted octanol–water partition coefficient (Wildman–Crippen LogP) is 2.64. The van der Waals surface area contributed by atoms with Gasteiger partial charge in [0.15, 0.2) is 0 Å². The first-order chi connectivity index (χ1) is 6.65. The second kappa shape index (κ2) is 5.12. The van der Waals surface area contributed by atoms with E-state index in [0.29, 0.717) is 6.61 Å². The standard InChI is InChI=1S/C9H9ClF2O2/c1-13-2-3-14-6-4-7(11)9(10)8(12)5-6/h4-5H,2-3H2,1H3. The number of methoxy groups -OCH3 is 1. The van der Waals surface area contributed by atoms with Crippen molar-refractivity contribution in [2.24, 2.45) is 0 Å². The number of rotatable bonds is 4. The highest BCUT2D eigenvalue weighted by molar-refractivity contribution is 6.30. The van der Waals surface area contributed by atoms with Crippen molar-refractivity contribution in [3.63, 3.8) is 0 Å². The Morgan fingerprint density at radius 2 is 1.79 bits per heavy atom. The van der Waals surface area contributed by atoms with Crippen LogP contribution in [-0.2, 0) is 4.74 Å². The van der Waals surface area contributed by atoms with Gasteiger partial charge >= 0.3 is 0 Å². The molecular formula is C9H9ClF2O2. The van der Waals surface area contributed by atoms with Gasteiger partial charge in [0.1, 0.15) is 29.0 Å². The number of hydrogen-bond donors (Lipinski definition) is 0. The van der Waals surface area contributed by atoms with Gasteiger partial charge in [-0.25, -0.2) is 8.78 Å². The molecule has 1 rings (SSSR count). The summed E-state index contributed by atoms with van der Waals surface area (Å²) in [6, 6.07) is 2.06. The Labute approximate surface area is 85.4 Å². The molecule has 1 aromatic carbocycles. The Balaban J connectivity index is 2.69. The largest absolute Gasteiger partial charge is 0.491 e. The topological polar surface area (TPSA) is 18.5 Å². The molecule has 0 N–H and O–H groups in total. The minimum Gasteiger partial charge on any atom is -0.491 e. The number of halogens is 3. The SMILES string of the molecule is COCCOc1cc(F)c(Cl)c(F)c1. The van der Waals surface area contributed by atoms with Crippen molar-refractivity contribution in [3.8, 4) is 5.75 Å². The van der Waals surface area contributed by atoms with Crippen LogP contribution in [0.3, 0.4) is 0 Å². The second-order valence-corrected chi connectivity index (χ2v) is 2.92. The van der Waals surface area contributed by atoms with E-state index in [1.165, 1.54) is 7.11 Å². The van der Waals surface area contributed by atoms with Gasteiger partial charge in [-0.1, -0.05) is 11.6 Å². The second-order valence-electron chi connectivity index (χ2n) is 2.54. The van der Waals surface area contributed by atoms with Crippen molar-refractivity contribution in [1.29, 1.82) is 0 Å². The zero-order chi connectivity index (χ0) is 10.6. The monoisotopic (exact) mass is 222 g/mol. The molecule has 0 aliphatic carbocycles. The summed E-state index contributed by atoms with van der Waals surface area (Å²) in [4.78, 5) is 0. The van der Waals surface area contributed by atoms with Crippen molar-refractivity contribution < 1.29 is 18.3 Å². The van der Waals surface area contributed by atoms with E-state index in [4.69, 9.17) is 21.1 Å². The van der Waals surface area contributed by atoms with Gasteiger partial charge < -0.3 is 9.47 Å². The molecule has 5 heteroatoms. The summed E-state index contributed by atoms with van der Waals surface area (Å²) in [5.74, 6) is -1.57. The van der Waals surface area contributed by atoms with Gasteiger partial charge in [-0.2, -0.15) is 0 Å². The lowest BCUT2D eigenvalue weighted by Crippen LogP contribution is -2.04. The molecule has 0 aliphatic rings. The van der Waals surface area contributed by atoms with E-state index in [2.05, 4.69) is 0 Å². The quantitative estimate of drug-likeness (QED) is 0.576. The predicted molar refractivity (Wildman–Crippen MR) is 48.7 cm³/mol. The van der Waals surface area contributed by atoms with Gasteiger partial charge in [0.05, 0.1) is 6.61 Å². The van der Waals surface area contributed by atoms with Crippen molar-refractivity contribution in [2.75, 3.05) is 20.3 Å². The first-order valence-corrected chi connectivity index (χ1v) is 4.29. The molecule has 0 saturated carbocycles. The molecule has 0 amide bonds.